The molecule has 1 atom stereocenters. The number of hydrogen-bond acceptors (Lipinski definition) is 4. The third-order valence-corrected chi connectivity index (χ3v) is 7.64. The van der Waals surface area contributed by atoms with Gasteiger partial charge in [0.2, 0.25) is 0 Å². The summed E-state index contributed by atoms with van der Waals surface area (Å²) < 4.78 is 47.1. The van der Waals surface area contributed by atoms with Crippen LogP contribution in [0, 0.1) is 5.82 Å². The molecule has 1 aliphatic heterocycles. The maximum absolute atomic E-state index is 13.7. The lowest BCUT2D eigenvalue weighted by atomic mass is 10.1. The van der Waals surface area contributed by atoms with Crippen molar-refractivity contribution in [2.45, 2.75) is 30.4 Å². The SMILES string of the molecule is CN(c1ccccc1)S(=O)(=O)c1cccc(C(=O)N(Cc2cccc(F)c2)CC2CCCO2)c1. The van der Waals surface area contributed by atoms with Crippen LogP contribution in [0.15, 0.2) is 83.8 Å². The number of anilines is 1. The van der Waals surface area contributed by atoms with Gasteiger partial charge in [0.25, 0.3) is 15.9 Å². The van der Waals surface area contributed by atoms with Gasteiger partial charge in [-0.05, 0) is 60.9 Å². The van der Waals surface area contributed by atoms with Crippen LogP contribution < -0.4 is 4.31 Å². The Hall–Kier alpha value is -3.23. The zero-order chi connectivity index (χ0) is 24.1. The van der Waals surface area contributed by atoms with Crippen LogP contribution >= 0.6 is 0 Å². The van der Waals surface area contributed by atoms with E-state index in [2.05, 4.69) is 0 Å². The zero-order valence-electron chi connectivity index (χ0n) is 18.9. The summed E-state index contributed by atoms with van der Waals surface area (Å²) in [6, 6.07) is 20.9. The Morgan fingerprint density at radius 2 is 1.79 bits per heavy atom. The molecule has 1 amide bonds. The van der Waals surface area contributed by atoms with Crippen LogP contribution in [-0.2, 0) is 21.3 Å². The lowest BCUT2D eigenvalue weighted by Gasteiger charge is -2.26. The Bertz CT molecular complexity index is 1240. The van der Waals surface area contributed by atoms with Gasteiger partial charge in [0.05, 0.1) is 16.7 Å². The van der Waals surface area contributed by atoms with Gasteiger partial charge in [-0.2, -0.15) is 0 Å². The molecule has 0 spiro atoms. The smallest absolute Gasteiger partial charge is 0.264 e. The van der Waals surface area contributed by atoms with Gasteiger partial charge in [0.15, 0.2) is 0 Å². The molecule has 6 nitrogen and oxygen atoms in total. The second-order valence-electron chi connectivity index (χ2n) is 8.29. The molecule has 0 aromatic heterocycles. The second-order valence-corrected chi connectivity index (χ2v) is 10.3. The molecule has 0 saturated carbocycles. The Morgan fingerprint density at radius 3 is 2.50 bits per heavy atom. The summed E-state index contributed by atoms with van der Waals surface area (Å²) in [5.74, 6) is -0.710. The fraction of sp³-hybridized carbons (Fsp3) is 0.269. The molecule has 0 bridgehead atoms. The zero-order valence-corrected chi connectivity index (χ0v) is 19.7. The van der Waals surface area contributed by atoms with E-state index in [9.17, 15) is 17.6 Å². The number of rotatable bonds is 8. The van der Waals surface area contributed by atoms with E-state index in [0.717, 1.165) is 12.8 Å². The number of halogens is 1. The summed E-state index contributed by atoms with van der Waals surface area (Å²) in [6.07, 6.45) is 1.66. The van der Waals surface area contributed by atoms with Crippen molar-refractivity contribution in [2.75, 3.05) is 24.5 Å². The molecular weight excluding hydrogens is 455 g/mol. The van der Waals surface area contributed by atoms with Crippen molar-refractivity contribution in [3.05, 3.63) is 95.8 Å². The van der Waals surface area contributed by atoms with Gasteiger partial charge in [-0.15, -0.1) is 0 Å². The van der Waals surface area contributed by atoms with Gasteiger partial charge in [-0.25, -0.2) is 12.8 Å². The summed E-state index contributed by atoms with van der Waals surface area (Å²) in [6.45, 7) is 1.18. The summed E-state index contributed by atoms with van der Waals surface area (Å²) in [5.41, 5.74) is 1.42. The van der Waals surface area contributed by atoms with Crippen LogP contribution in [-0.4, -0.2) is 45.5 Å². The summed E-state index contributed by atoms with van der Waals surface area (Å²) in [5, 5.41) is 0. The van der Waals surface area contributed by atoms with Gasteiger partial charge in [-0.3, -0.25) is 9.10 Å². The molecule has 1 heterocycles. The number of ether oxygens (including phenoxy) is 1. The molecule has 1 aliphatic rings. The van der Waals surface area contributed by atoms with Gasteiger partial charge in [-0.1, -0.05) is 36.4 Å². The van der Waals surface area contributed by atoms with Gasteiger partial charge in [0, 0.05) is 32.3 Å². The average Bonchev–Trinajstić information content (AvgIpc) is 3.36. The second kappa shape index (κ2) is 10.4. The minimum absolute atomic E-state index is 0.0209. The number of sulfonamides is 1. The van der Waals surface area contributed by atoms with E-state index in [1.807, 2.05) is 6.07 Å². The van der Waals surface area contributed by atoms with E-state index >= 15 is 0 Å². The minimum atomic E-state index is -3.87. The molecule has 34 heavy (non-hydrogen) atoms. The standard InChI is InChI=1S/C26H27FN2O4S/c1-28(23-11-3-2-4-12-23)34(31,32)25-14-6-9-21(17-25)26(30)29(19-24-13-7-15-33-24)18-20-8-5-10-22(27)16-20/h2-6,8-12,14,16-17,24H,7,13,15,18-19H2,1H3. The maximum Gasteiger partial charge on any atom is 0.264 e. The van der Waals surface area contributed by atoms with Crippen LogP contribution in [0.3, 0.4) is 0 Å². The summed E-state index contributed by atoms with van der Waals surface area (Å²) >= 11 is 0. The highest BCUT2D eigenvalue weighted by Crippen LogP contribution is 2.24. The fourth-order valence-electron chi connectivity index (χ4n) is 4.02. The topological polar surface area (TPSA) is 66.9 Å². The van der Waals surface area contributed by atoms with Crippen LogP contribution in [0.25, 0.3) is 0 Å². The molecule has 3 aromatic rings. The molecule has 1 saturated heterocycles. The average molecular weight is 483 g/mol. The van der Waals surface area contributed by atoms with Crippen molar-refractivity contribution in [1.82, 2.24) is 4.90 Å². The Kier molecular flexibility index (Phi) is 7.29. The van der Waals surface area contributed by atoms with E-state index in [-0.39, 0.29) is 34.8 Å². The molecule has 1 fully saturated rings. The lowest BCUT2D eigenvalue weighted by Crippen LogP contribution is -2.37. The van der Waals surface area contributed by atoms with Crippen LogP contribution in [0.4, 0.5) is 10.1 Å². The highest BCUT2D eigenvalue weighted by atomic mass is 32.2. The molecule has 0 N–H and O–H groups in total. The normalized spacial score (nSPS) is 15.8. The predicted molar refractivity (Wildman–Crippen MR) is 129 cm³/mol. The molecule has 4 rings (SSSR count). The van der Waals surface area contributed by atoms with Gasteiger partial charge < -0.3 is 9.64 Å². The number of hydrogen-bond donors (Lipinski definition) is 0. The first kappa shape index (κ1) is 23.9. The number of para-hydroxylation sites is 1. The Labute approximate surface area is 199 Å². The van der Waals surface area contributed by atoms with Crippen molar-refractivity contribution in [3.8, 4) is 0 Å². The summed E-state index contributed by atoms with van der Waals surface area (Å²) in [7, 11) is -2.39. The third-order valence-electron chi connectivity index (χ3n) is 5.86. The first-order chi connectivity index (χ1) is 16.3. The lowest BCUT2D eigenvalue weighted by molar-refractivity contribution is 0.0507. The molecule has 0 radical (unpaired) electrons. The van der Waals surface area contributed by atoms with Crippen molar-refractivity contribution in [3.63, 3.8) is 0 Å². The highest BCUT2D eigenvalue weighted by molar-refractivity contribution is 7.92. The van der Waals surface area contributed by atoms with E-state index < -0.39 is 10.0 Å². The first-order valence-electron chi connectivity index (χ1n) is 11.1. The minimum Gasteiger partial charge on any atom is -0.376 e. The number of amides is 1. The molecule has 3 aromatic carbocycles. The van der Waals surface area contributed by atoms with Crippen molar-refractivity contribution in [1.29, 1.82) is 0 Å². The van der Waals surface area contributed by atoms with E-state index in [1.54, 1.807) is 53.4 Å². The molecule has 8 heteroatoms. The van der Waals surface area contributed by atoms with Crippen molar-refractivity contribution >= 4 is 21.6 Å². The van der Waals surface area contributed by atoms with Gasteiger partial charge >= 0.3 is 0 Å². The van der Waals surface area contributed by atoms with Crippen LogP contribution in [0.2, 0.25) is 0 Å². The van der Waals surface area contributed by atoms with Crippen LogP contribution in [0.5, 0.6) is 0 Å². The Morgan fingerprint density at radius 1 is 1.03 bits per heavy atom. The van der Waals surface area contributed by atoms with Crippen molar-refractivity contribution in [2.24, 2.45) is 0 Å². The fourth-order valence-corrected chi connectivity index (χ4v) is 5.26. The molecular formula is C26H27FN2O4S. The van der Waals surface area contributed by atoms with E-state index in [4.69, 9.17) is 4.74 Å². The number of benzene rings is 3. The van der Waals surface area contributed by atoms with Crippen molar-refractivity contribution < 1.29 is 22.3 Å². The molecule has 0 aliphatic carbocycles. The quantitative estimate of drug-likeness (QED) is 0.475. The maximum atomic E-state index is 13.7. The van der Waals surface area contributed by atoms with Crippen LogP contribution in [0.1, 0.15) is 28.8 Å². The highest BCUT2D eigenvalue weighted by Gasteiger charge is 2.26. The number of carbonyl (C=O) groups excluding carboxylic acids is 1. The monoisotopic (exact) mass is 482 g/mol. The number of carbonyl (C=O) groups is 1. The molecule has 1 unspecified atom stereocenters. The summed E-state index contributed by atoms with van der Waals surface area (Å²) in [4.78, 5) is 15.1. The largest absolute Gasteiger partial charge is 0.376 e. The predicted octanol–water partition coefficient (Wildman–Crippen LogP) is 4.47. The number of nitrogens with zero attached hydrogens (tertiary/aromatic N) is 2. The Balaban J connectivity index is 1.62. The molecule has 178 valence electrons. The third kappa shape index (κ3) is 5.46. The van der Waals surface area contributed by atoms with Gasteiger partial charge in [0.1, 0.15) is 5.82 Å². The first-order valence-corrected chi connectivity index (χ1v) is 12.6. The van der Waals surface area contributed by atoms with E-state index in [1.165, 1.54) is 35.6 Å². The van der Waals surface area contributed by atoms with E-state index in [0.29, 0.717) is 24.4 Å².